The van der Waals surface area contributed by atoms with E-state index >= 15 is 0 Å². The molecule has 0 aromatic heterocycles. The van der Waals surface area contributed by atoms with Crippen LogP contribution in [0.2, 0.25) is 0 Å². The van der Waals surface area contributed by atoms with Gasteiger partial charge in [0.2, 0.25) is 0 Å². The van der Waals surface area contributed by atoms with Crippen molar-refractivity contribution in [1.82, 2.24) is 10.6 Å². The van der Waals surface area contributed by atoms with Crippen molar-refractivity contribution in [2.75, 3.05) is 26.3 Å². The Labute approximate surface area is 156 Å². The molecule has 1 fully saturated rings. The van der Waals surface area contributed by atoms with Crippen LogP contribution < -0.4 is 10.6 Å². The quantitative estimate of drug-likeness (QED) is 0.356. The molecule has 0 aliphatic heterocycles. The minimum absolute atomic E-state index is 0.274. The Morgan fingerprint density at radius 3 is 2.69 bits per heavy atom. The molecule has 0 amide bonds. The van der Waals surface area contributed by atoms with E-state index in [4.69, 9.17) is 4.74 Å². The zero-order valence-corrected chi connectivity index (χ0v) is 16.0. The summed E-state index contributed by atoms with van der Waals surface area (Å²) < 4.78 is 19.0. The Kier molecular flexibility index (Phi) is 8.16. The molecule has 1 aromatic carbocycles. The Morgan fingerprint density at radius 1 is 1.27 bits per heavy atom. The monoisotopic (exact) mass is 365 g/mol. The summed E-state index contributed by atoms with van der Waals surface area (Å²) in [5.41, 5.74) is 1.00. The molecule has 26 heavy (non-hydrogen) atoms. The van der Waals surface area contributed by atoms with Gasteiger partial charge in [-0.3, -0.25) is 0 Å². The standard InChI is InChI=1S/C20H32FN3O2/c1-3-22-19(23-14-16-7-8-18(25)17(21)13-16)24-15-20(9-5-6-10-20)11-12-26-4-2/h7-8,13,25H,3-6,9-12,14-15H2,1-2H3,(H2,22,23,24). The largest absolute Gasteiger partial charge is 0.505 e. The number of phenolic OH excluding ortho intramolecular Hbond substituents is 1. The number of phenols is 1. The van der Waals surface area contributed by atoms with Crippen molar-refractivity contribution in [3.8, 4) is 5.75 Å². The summed E-state index contributed by atoms with van der Waals surface area (Å²) in [7, 11) is 0. The number of nitrogens with zero attached hydrogens (tertiary/aromatic N) is 1. The summed E-state index contributed by atoms with van der Waals surface area (Å²) >= 11 is 0. The topological polar surface area (TPSA) is 65.9 Å². The summed E-state index contributed by atoms with van der Waals surface area (Å²) in [5, 5.41) is 16.0. The molecule has 1 aromatic rings. The van der Waals surface area contributed by atoms with Gasteiger partial charge in [0.05, 0.1) is 6.54 Å². The lowest BCUT2D eigenvalue weighted by atomic mass is 9.83. The summed E-state index contributed by atoms with van der Waals surface area (Å²) in [6.45, 7) is 7.62. The molecule has 6 heteroatoms. The average molecular weight is 365 g/mol. The van der Waals surface area contributed by atoms with Crippen molar-refractivity contribution in [3.05, 3.63) is 29.6 Å². The van der Waals surface area contributed by atoms with Crippen molar-refractivity contribution in [3.63, 3.8) is 0 Å². The SMILES string of the molecule is CCNC(=NCc1ccc(O)c(F)c1)NCC1(CCOCC)CCCC1. The number of benzene rings is 1. The molecule has 0 bridgehead atoms. The van der Waals surface area contributed by atoms with Crippen molar-refractivity contribution >= 4 is 5.96 Å². The van der Waals surface area contributed by atoms with Crippen LogP contribution in [0.15, 0.2) is 23.2 Å². The summed E-state index contributed by atoms with van der Waals surface area (Å²) in [4.78, 5) is 4.56. The van der Waals surface area contributed by atoms with Gasteiger partial charge in [0.1, 0.15) is 0 Å². The van der Waals surface area contributed by atoms with E-state index in [2.05, 4.69) is 15.6 Å². The van der Waals surface area contributed by atoms with Crippen LogP contribution in [0.25, 0.3) is 0 Å². The maximum Gasteiger partial charge on any atom is 0.191 e. The second-order valence-electron chi connectivity index (χ2n) is 6.99. The molecule has 1 saturated carbocycles. The number of hydrogen-bond acceptors (Lipinski definition) is 3. The number of hydrogen-bond donors (Lipinski definition) is 3. The minimum Gasteiger partial charge on any atom is -0.505 e. The van der Waals surface area contributed by atoms with Crippen molar-refractivity contribution < 1.29 is 14.2 Å². The maximum absolute atomic E-state index is 13.5. The lowest BCUT2D eigenvalue weighted by Crippen LogP contribution is -2.43. The molecule has 146 valence electrons. The Bertz CT molecular complexity index is 586. The number of guanidine groups is 1. The van der Waals surface area contributed by atoms with Crippen LogP contribution in [0, 0.1) is 11.2 Å². The molecule has 0 radical (unpaired) electrons. The van der Waals surface area contributed by atoms with Gasteiger partial charge < -0.3 is 20.5 Å². The third-order valence-corrected chi connectivity index (χ3v) is 5.05. The maximum atomic E-state index is 13.5. The van der Waals surface area contributed by atoms with E-state index < -0.39 is 5.82 Å². The predicted octanol–water partition coefficient (Wildman–Crippen LogP) is 3.57. The smallest absolute Gasteiger partial charge is 0.191 e. The fraction of sp³-hybridized carbons (Fsp3) is 0.650. The lowest BCUT2D eigenvalue weighted by molar-refractivity contribution is 0.105. The number of aliphatic imine (C=N–C) groups is 1. The molecule has 5 nitrogen and oxygen atoms in total. The molecular formula is C20H32FN3O2. The molecule has 0 atom stereocenters. The van der Waals surface area contributed by atoms with Crippen LogP contribution in [0.1, 0.15) is 51.5 Å². The highest BCUT2D eigenvalue weighted by Crippen LogP contribution is 2.40. The highest BCUT2D eigenvalue weighted by atomic mass is 19.1. The Balaban J connectivity index is 1.95. The van der Waals surface area contributed by atoms with Gasteiger partial charge in [0.25, 0.3) is 0 Å². The zero-order valence-electron chi connectivity index (χ0n) is 16.0. The van der Waals surface area contributed by atoms with Crippen LogP contribution in [-0.4, -0.2) is 37.4 Å². The molecule has 0 unspecified atom stereocenters. The van der Waals surface area contributed by atoms with Gasteiger partial charge in [0, 0.05) is 26.3 Å². The molecule has 1 aliphatic rings. The molecule has 2 rings (SSSR count). The van der Waals surface area contributed by atoms with Crippen LogP contribution >= 0.6 is 0 Å². The zero-order chi connectivity index (χ0) is 18.8. The molecular weight excluding hydrogens is 333 g/mol. The average Bonchev–Trinajstić information content (AvgIpc) is 3.10. The van der Waals surface area contributed by atoms with Crippen molar-refractivity contribution in [2.24, 2.45) is 10.4 Å². The fourth-order valence-corrected chi connectivity index (χ4v) is 3.51. The number of aromatic hydroxyl groups is 1. The van der Waals surface area contributed by atoms with E-state index in [9.17, 15) is 9.50 Å². The molecule has 0 saturated heterocycles. The van der Waals surface area contributed by atoms with E-state index in [0.29, 0.717) is 6.54 Å². The first-order valence-corrected chi connectivity index (χ1v) is 9.66. The molecule has 0 spiro atoms. The van der Waals surface area contributed by atoms with Crippen molar-refractivity contribution in [1.29, 1.82) is 0 Å². The third-order valence-electron chi connectivity index (χ3n) is 5.05. The van der Waals surface area contributed by atoms with Gasteiger partial charge in [-0.15, -0.1) is 0 Å². The van der Waals surface area contributed by atoms with Crippen LogP contribution in [-0.2, 0) is 11.3 Å². The van der Waals surface area contributed by atoms with Crippen molar-refractivity contribution in [2.45, 2.75) is 52.5 Å². The van der Waals surface area contributed by atoms with E-state index in [1.807, 2.05) is 13.8 Å². The first-order chi connectivity index (χ1) is 12.6. The number of ether oxygens (including phenoxy) is 1. The Morgan fingerprint density at radius 2 is 2.04 bits per heavy atom. The summed E-state index contributed by atoms with van der Waals surface area (Å²) in [6.07, 6.45) is 6.05. The second-order valence-corrected chi connectivity index (χ2v) is 6.99. The van der Waals surface area contributed by atoms with Crippen LogP contribution in [0.3, 0.4) is 0 Å². The van der Waals surface area contributed by atoms with Gasteiger partial charge >= 0.3 is 0 Å². The normalized spacial score (nSPS) is 16.7. The second kappa shape index (κ2) is 10.4. The third kappa shape index (κ3) is 6.16. The van der Waals surface area contributed by atoms with Gasteiger partial charge in [-0.05, 0) is 56.2 Å². The van der Waals surface area contributed by atoms with Crippen LogP contribution in [0.5, 0.6) is 5.75 Å². The number of rotatable bonds is 9. The predicted molar refractivity (Wildman–Crippen MR) is 103 cm³/mol. The van der Waals surface area contributed by atoms with E-state index in [0.717, 1.165) is 44.2 Å². The highest BCUT2D eigenvalue weighted by molar-refractivity contribution is 5.79. The van der Waals surface area contributed by atoms with Gasteiger partial charge in [-0.2, -0.15) is 0 Å². The molecule has 0 heterocycles. The fourth-order valence-electron chi connectivity index (χ4n) is 3.51. The van der Waals surface area contributed by atoms with Crippen LogP contribution in [0.4, 0.5) is 4.39 Å². The van der Waals surface area contributed by atoms with E-state index in [1.165, 1.54) is 37.8 Å². The van der Waals surface area contributed by atoms with Gasteiger partial charge in [-0.1, -0.05) is 18.9 Å². The first-order valence-electron chi connectivity index (χ1n) is 9.66. The summed E-state index contributed by atoms with van der Waals surface area (Å²) in [6, 6.07) is 4.37. The van der Waals surface area contributed by atoms with E-state index in [1.54, 1.807) is 6.07 Å². The first kappa shape index (κ1) is 20.5. The number of halogens is 1. The highest BCUT2D eigenvalue weighted by Gasteiger charge is 2.33. The minimum atomic E-state index is -0.614. The Hall–Kier alpha value is -1.82. The molecule has 3 N–H and O–H groups in total. The molecule has 1 aliphatic carbocycles. The van der Waals surface area contributed by atoms with Gasteiger partial charge in [-0.25, -0.2) is 9.38 Å². The number of nitrogens with one attached hydrogen (secondary N) is 2. The summed E-state index contributed by atoms with van der Waals surface area (Å²) in [5.74, 6) is -0.208. The van der Waals surface area contributed by atoms with E-state index in [-0.39, 0.29) is 11.2 Å². The van der Waals surface area contributed by atoms with Gasteiger partial charge in [0.15, 0.2) is 17.5 Å². The lowest BCUT2D eigenvalue weighted by Gasteiger charge is -2.30.